The minimum absolute atomic E-state index is 0.0914. The number of likely N-dealkylation sites (N-methyl/N-ethyl adjacent to an activating group) is 1. The van der Waals surface area contributed by atoms with Crippen molar-refractivity contribution in [2.75, 3.05) is 25.6 Å². The SMILES string of the molecule is COC(=O)c1ccc2c(c1)C(C)(C)CN2C. The molecule has 0 spiro atoms. The van der Waals surface area contributed by atoms with Gasteiger partial charge in [0.15, 0.2) is 0 Å². The molecule has 0 fully saturated rings. The van der Waals surface area contributed by atoms with E-state index in [2.05, 4.69) is 25.8 Å². The summed E-state index contributed by atoms with van der Waals surface area (Å²) in [7, 11) is 3.48. The molecule has 1 heterocycles. The van der Waals surface area contributed by atoms with Crippen LogP contribution in [0.5, 0.6) is 0 Å². The van der Waals surface area contributed by atoms with Crippen LogP contribution in [0.15, 0.2) is 18.2 Å². The average Bonchev–Trinajstić information content (AvgIpc) is 2.48. The zero-order valence-electron chi connectivity index (χ0n) is 10.2. The van der Waals surface area contributed by atoms with Crippen molar-refractivity contribution in [3.05, 3.63) is 29.3 Å². The van der Waals surface area contributed by atoms with Crippen LogP contribution in [0.3, 0.4) is 0 Å². The Kier molecular flexibility index (Phi) is 2.41. The summed E-state index contributed by atoms with van der Waals surface area (Å²) in [5.41, 5.74) is 3.15. The fraction of sp³-hybridized carbons (Fsp3) is 0.462. The Labute approximate surface area is 96.0 Å². The predicted octanol–water partition coefficient (Wildman–Crippen LogP) is 2.20. The summed E-state index contributed by atoms with van der Waals surface area (Å²) in [4.78, 5) is 13.7. The molecule has 2 rings (SSSR count). The largest absolute Gasteiger partial charge is 0.465 e. The summed E-state index contributed by atoms with van der Waals surface area (Å²) >= 11 is 0. The molecule has 1 aliphatic rings. The highest BCUT2D eigenvalue weighted by Crippen LogP contribution is 2.39. The van der Waals surface area contributed by atoms with Crippen LogP contribution in [0.2, 0.25) is 0 Å². The van der Waals surface area contributed by atoms with Crippen LogP contribution in [0.25, 0.3) is 0 Å². The number of rotatable bonds is 1. The molecule has 0 aliphatic carbocycles. The molecule has 0 N–H and O–H groups in total. The van der Waals surface area contributed by atoms with E-state index in [-0.39, 0.29) is 11.4 Å². The van der Waals surface area contributed by atoms with Crippen LogP contribution in [0, 0.1) is 0 Å². The van der Waals surface area contributed by atoms with E-state index in [1.54, 1.807) is 0 Å². The number of nitrogens with zero attached hydrogens (tertiary/aromatic N) is 1. The monoisotopic (exact) mass is 219 g/mol. The molecule has 3 nitrogen and oxygen atoms in total. The Bertz CT molecular complexity index is 438. The first-order valence-electron chi connectivity index (χ1n) is 5.40. The third-order valence-electron chi connectivity index (χ3n) is 3.19. The number of anilines is 1. The van der Waals surface area contributed by atoms with Crippen LogP contribution in [0.4, 0.5) is 5.69 Å². The molecule has 1 aliphatic heterocycles. The zero-order valence-corrected chi connectivity index (χ0v) is 10.2. The first-order chi connectivity index (χ1) is 7.45. The van der Waals surface area contributed by atoms with Crippen molar-refractivity contribution in [2.24, 2.45) is 0 Å². The Balaban J connectivity index is 2.50. The normalized spacial score (nSPS) is 17.1. The maximum atomic E-state index is 11.5. The van der Waals surface area contributed by atoms with E-state index < -0.39 is 0 Å². The van der Waals surface area contributed by atoms with Crippen molar-refractivity contribution in [3.63, 3.8) is 0 Å². The van der Waals surface area contributed by atoms with Gasteiger partial charge in [-0.2, -0.15) is 0 Å². The van der Waals surface area contributed by atoms with E-state index in [1.807, 2.05) is 18.2 Å². The highest BCUT2D eigenvalue weighted by Gasteiger charge is 2.33. The lowest BCUT2D eigenvalue weighted by molar-refractivity contribution is 0.0600. The standard InChI is InChI=1S/C13H17NO2/c1-13(2)8-14(3)11-6-5-9(7-10(11)13)12(15)16-4/h5-7H,8H2,1-4H3. The Hall–Kier alpha value is -1.51. The van der Waals surface area contributed by atoms with E-state index >= 15 is 0 Å². The molecule has 0 aromatic heterocycles. The summed E-state index contributed by atoms with van der Waals surface area (Å²) < 4.78 is 4.74. The smallest absolute Gasteiger partial charge is 0.337 e. The van der Waals surface area contributed by atoms with Crippen LogP contribution < -0.4 is 4.90 Å². The van der Waals surface area contributed by atoms with Gasteiger partial charge in [-0.3, -0.25) is 0 Å². The maximum Gasteiger partial charge on any atom is 0.337 e. The molecular formula is C13H17NO2. The summed E-state index contributed by atoms with van der Waals surface area (Å²) in [6.07, 6.45) is 0. The first-order valence-corrected chi connectivity index (χ1v) is 5.40. The number of fused-ring (bicyclic) bond motifs is 1. The summed E-state index contributed by atoms with van der Waals surface area (Å²) in [6, 6.07) is 5.77. The number of carbonyl (C=O) groups is 1. The molecule has 16 heavy (non-hydrogen) atoms. The lowest BCUT2D eigenvalue weighted by Gasteiger charge is -2.18. The fourth-order valence-corrected chi connectivity index (χ4v) is 2.42. The van der Waals surface area contributed by atoms with E-state index in [4.69, 9.17) is 4.74 Å². The van der Waals surface area contributed by atoms with Gasteiger partial charge in [0.05, 0.1) is 12.7 Å². The van der Waals surface area contributed by atoms with Crippen molar-refractivity contribution in [2.45, 2.75) is 19.3 Å². The predicted molar refractivity (Wildman–Crippen MR) is 64.1 cm³/mol. The number of hydrogen-bond acceptors (Lipinski definition) is 3. The average molecular weight is 219 g/mol. The summed E-state index contributed by atoms with van der Waals surface area (Å²) in [5, 5.41) is 0. The van der Waals surface area contributed by atoms with Gasteiger partial charge in [0.1, 0.15) is 0 Å². The van der Waals surface area contributed by atoms with Crippen LogP contribution >= 0.6 is 0 Å². The third kappa shape index (κ3) is 1.56. The lowest BCUT2D eigenvalue weighted by atomic mass is 9.86. The molecule has 0 amide bonds. The van der Waals surface area contributed by atoms with Gasteiger partial charge in [-0.05, 0) is 23.8 Å². The second kappa shape index (κ2) is 3.51. The number of esters is 1. The minimum atomic E-state index is -0.270. The van der Waals surface area contributed by atoms with Crippen molar-refractivity contribution < 1.29 is 9.53 Å². The minimum Gasteiger partial charge on any atom is -0.465 e. The summed E-state index contributed by atoms with van der Waals surface area (Å²) in [5.74, 6) is -0.270. The molecule has 0 saturated heterocycles. The van der Waals surface area contributed by atoms with Crippen LogP contribution in [-0.4, -0.2) is 26.7 Å². The first kappa shape index (κ1) is 11.0. The number of carbonyl (C=O) groups excluding carboxylic acids is 1. The lowest BCUT2D eigenvalue weighted by Crippen LogP contribution is -2.25. The molecule has 0 atom stereocenters. The van der Waals surface area contributed by atoms with Gasteiger partial charge in [0.2, 0.25) is 0 Å². The quantitative estimate of drug-likeness (QED) is 0.678. The second-order valence-corrected chi connectivity index (χ2v) is 4.96. The van der Waals surface area contributed by atoms with E-state index in [1.165, 1.54) is 18.4 Å². The van der Waals surface area contributed by atoms with Gasteiger partial charge in [0.25, 0.3) is 0 Å². The van der Waals surface area contributed by atoms with Crippen molar-refractivity contribution in [3.8, 4) is 0 Å². The third-order valence-corrected chi connectivity index (χ3v) is 3.19. The molecule has 0 unspecified atom stereocenters. The van der Waals surface area contributed by atoms with Gasteiger partial charge in [0, 0.05) is 24.7 Å². The molecule has 0 bridgehead atoms. The van der Waals surface area contributed by atoms with E-state index in [9.17, 15) is 4.79 Å². The molecular weight excluding hydrogens is 202 g/mol. The van der Waals surface area contributed by atoms with Crippen LogP contribution in [0.1, 0.15) is 29.8 Å². The molecule has 1 aromatic carbocycles. The highest BCUT2D eigenvalue weighted by molar-refractivity contribution is 5.90. The van der Waals surface area contributed by atoms with Crippen molar-refractivity contribution in [1.82, 2.24) is 0 Å². The highest BCUT2D eigenvalue weighted by atomic mass is 16.5. The van der Waals surface area contributed by atoms with Crippen molar-refractivity contribution in [1.29, 1.82) is 0 Å². The number of benzene rings is 1. The van der Waals surface area contributed by atoms with E-state index in [0.29, 0.717) is 5.56 Å². The fourth-order valence-electron chi connectivity index (χ4n) is 2.42. The van der Waals surface area contributed by atoms with Crippen molar-refractivity contribution >= 4 is 11.7 Å². The molecule has 0 radical (unpaired) electrons. The molecule has 1 aromatic rings. The van der Waals surface area contributed by atoms with Gasteiger partial charge in [-0.1, -0.05) is 13.8 Å². The maximum absolute atomic E-state index is 11.5. The number of ether oxygens (including phenoxy) is 1. The van der Waals surface area contributed by atoms with E-state index in [0.717, 1.165) is 6.54 Å². The van der Waals surface area contributed by atoms with Gasteiger partial charge in [-0.15, -0.1) is 0 Å². The van der Waals surface area contributed by atoms with Gasteiger partial charge >= 0.3 is 5.97 Å². The Morgan fingerprint density at radius 2 is 2.12 bits per heavy atom. The Morgan fingerprint density at radius 3 is 2.75 bits per heavy atom. The molecule has 86 valence electrons. The number of methoxy groups -OCH3 is 1. The zero-order chi connectivity index (χ0) is 11.9. The summed E-state index contributed by atoms with van der Waals surface area (Å²) in [6.45, 7) is 5.36. The number of hydrogen-bond donors (Lipinski definition) is 0. The molecule has 3 heteroatoms. The molecule has 0 saturated carbocycles. The van der Waals surface area contributed by atoms with Gasteiger partial charge < -0.3 is 9.64 Å². The van der Waals surface area contributed by atoms with Crippen LogP contribution in [-0.2, 0) is 10.2 Å². The van der Waals surface area contributed by atoms with Gasteiger partial charge in [-0.25, -0.2) is 4.79 Å². The topological polar surface area (TPSA) is 29.5 Å². The second-order valence-electron chi connectivity index (χ2n) is 4.96. The Morgan fingerprint density at radius 1 is 1.44 bits per heavy atom.